The number of rotatable bonds is 7. The van der Waals surface area contributed by atoms with E-state index in [0.717, 1.165) is 16.9 Å². The average Bonchev–Trinajstić information content (AvgIpc) is 2.82. The first-order valence-corrected chi connectivity index (χ1v) is 7.01. The first-order valence-electron chi connectivity index (χ1n) is 6.57. The summed E-state index contributed by atoms with van der Waals surface area (Å²) in [5.41, 5.74) is 6.72. The molecular formula is C14H18ClN3O3. The number of benzene rings is 1. The van der Waals surface area contributed by atoms with Crippen molar-refractivity contribution in [2.45, 2.75) is 18.8 Å². The lowest BCUT2D eigenvalue weighted by Gasteiger charge is -2.10. The molecule has 0 aliphatic rings. The van der Waals surface area contributed by atoms with E-state index in [0.29, 0.717) is 18.9 Å². The Bertz CT molecular complexity index is 640. The molecule has 2 aromatic rings. The molecule has 0 spiro atoms. The molecule has 0 bridgehead atoms. The number of ether oxygens (including phenoxy) is 2. The summed E-state index contributed by atoms with van der Waals surface area (Å²) in [7, 11) is 1.60. The third-order valence-electron chi connectivity index (χ3n) is 3.05. The van der Waals surface area contributed by atoms with Crippen molar-refractivity contribution in [3.63, 3.8) is 0 Å². The lowest BCUT2D eigenvalue weighted by molar-refractivity contribution is -0.122. The molecule has 0 saturated carbocycles. The molecule has 114 valence electrons. The van der Waals surface area contributed by atoms with E-state index in [1.54, 1.807) is 7.11 Å². The smallest absolute Gasteiger partial charge is 0.243 e. The summed E-state index contributed by atoms with van der Waals surface area (Å²) in [5.74, 6) is 0.944. The zero-order chi connectivity index (χ0) is 15.4. The Morgan fingerprint density at radius 3 is 2.90 bits per heavy atom. The molecule has 1 aromatic heterocycles. The highest BCUT2D eigenvalue weighted by atomic mass is 35.5. The third kappa shape index (κ3) is 3.46. The Morgan fingerprint density at radius 2 is 2.29 bits per heavy atom. The van der Waals surface area contributed by atoms with Crippen LogP contribution in [-0.2, 0) is 16.1 Å². The minimum Gasteiger partial charge on any atom is -0.494 e. The molecule has 1 heterocycles. The van der Waals surface area contributed by atoms with Crippen LogP contribution in [0.2, 0.25) is 0 Å². The first kappa shape index (κ1) is 15.6. The zero-order valence-corrected chi connectivity index (χ0v) is 12.8. The monoisotopic (exact) mass is 311 g/mol. The minimum atomic E-state index is -0.488. The van der Waals surface area contributed by atoms with E-state index >= 15 is 0 Å². The molecular weight excluding hydrogens is 294 g/mol. The highest BCUT2D eigenvalue weighted by molar-refractivity contribution is 6.20. The lowest BCUT2D eigenvalue weighted by Crippen LogP contribution is -2.20. The molecule has 0 aliphatic heterocycles. The van der Waals surface area contributed by atoms with Crippen molar-refractivity contribution in [3.05, 3.63) is 24.0 Å². The fourth-order valence-electron chi connectivity index (χ4n) is 2.17. The number of primary amides is 1. The number of hydrogen-bond acceptors (Lipinski definition) is 4. The van der Waals surface area contributed by atoms with Gasteiger partial charge in [-0.15, -0.1) is 11.6 Å². The van der Waals surface area contributed by atoms with E-state index in [1.165, 1.54) is 0 Å². The summed E-state index contributed by atoms with van der Waals surface area (Å²) in [4.78, 5) is 15.2. The van der Waals surface area contributed by atoms with Gasteiger partial charge in [-0.1, -0.05) is 6.07 Å². The summed E-state index contributed by atoms with van der Waals surface area (Å²) in [5, 5.41) is -0.252. The van der Waals surface area contributed by atoms with Crippen molar-refractivity contribution in [1.82, 2.24) is 9.55 Å². The third-order valence-corrected chi connectivity index (χ3v) is 3.25. The number of amides is 1. The molecule has 21 heavy (non-hydrogen) atoms. The van der Waals surface area contributed by atoms with Crippen molar-refractivity contribution in [2.75, 3.05) is 20.3 Å². The standard InChI is InChI=1S/C14H18ClN3O3/c1-9(15)14-17-13-10(4-3-5-11(13)20-2)18(14)6-7-21-8-12(16)19/h3-5,9H,6-8H2,1-2H3,(H2,16,19). The van der Waals surface area contributed by atoms with Crippen LogP contribution < -0.4 is 10.5 Å². The van der Waals surface area contributed by atoms with Crippen LogP contribution in [0.1, 0.15) is 18.1 Å². The number of methoxy groups -OCH3 is 1. The Labute approximate surface area is 127 Å². The number of nitrogens with zero attached hydrogens (tertiary/aromatic N) is 2. The Balaban J connectivity index is 2.31. The fraction of sp³-hybridized carbons (Fsp3) is 0.429. The van der Waals surface area contributed by atoms with Gasteiger partial charge in [-0.05, 0) is 19.1 Å². The number of fused-ring (bicyclic) bond motifs is 1. The molecule has 0 radical (unpaired) electrons. The van der Waals surface area contributed by atoms with Crippen molar-refractivity contribution in [2.24, 2.45) is 5.73 Å². The molecule has 1 aromatic carbocycles. The van der Waals surface area contributed by atoms with Crippen molar-refractivity contribution >= 4 is 28.5 Å². The second-order valence-corrected chi connectivity index (χ2v) is 5.24. The van der Waals surface area contributed by atoms with Crippen LogP contribution in [0.15, 0.2) is 18.2 Å². The minimum absolute atomic E-state index is 0.0955. The van der Waals surface area contributed by atoms with Gasteiger partial charge in [0.05, 0.1) is 24.6 Å². The number of aromatic nitrogens is 2. The van der Waals surface area contributed by atoms with Gasteiger partial charge in [0, 0.05) is 6.54 Å². The molecule has 2 N–H and O–H groups in total. The number of imidazole rings is 1. The van der Waals surface area contributed by atoms with Gasteiger partial charge in [-0.3, -0.25) is 4.79 Å². The van der Waals surface area contributed by atoms with Crippen LogP contribution in [0.3, 0.4) is 0 Å². The number of halogens is 1. The number of carbonyl (C=O) groups is 1. The fourth-order valence-corrected chi connectivity index (χ4v) is 2.34. The summed E-state index contributed by atoms with van der Waals surface area (Å²) in [6.45, 7) is 2.64. The quantitative estimate of drug-likeness (QED) is 0.625. The van der Waals surface area contributed by atoms with Crippen LogP contribution in [0.4, 0.5) is 0 Å². The zero-order valence-electron chi connectivity index (χ0n) is 12.0. The number of para-hydroxylation sites is 1. The number of alkyl halides is 1. The van der Waals surface area contributed by atoms with Gasteiger partial charge in [0.2, 0.25) is 5.91 Å². The molecule has 0 aliphatic carbocycles. The van der Waals surface area contributed by atoms with Gasteiger partial charge in [0.25, 0.3) is 0 Å². The summed E-state index contributed by atoms with van der Waals surface area (Å²) in [6, 6.07) is 5.69. The van der Waals surface area contributed by atoms with E-state index in [-0.39, 0.29) is 12.0 Å². The molecule has 0 fully saturated rings. The first-order chi connectivity index (χ1) is 10.0. The van der Waals surface area contributed by atoms with Gasteiger partial charge in [-0.2, -0.15) is 0 Å². The summed E-state index contributed by atoms with van der Waals surface area (Å²) >= 11 is 6.20. The second-order valence-electron chi connectivity index (χ2n) is 4.58. The molecule has 0 saturated heterocycles. The highest BCUT2D eigenvalue weighted by Gasteiger charge is 2.17. The predicted octanol–water partition coefficient (Wildman–Crippen LogP) is 1.85. The maximum atomic E-state index is 10.7. The molecule has 6 nitrogen and oxygen atoms in total. The summed E-state index contributed by atoms with van der Waals surface area (Å²) in [6.07, 6.45) is 0. The number of hydrogen-bond donors (Lipinski definition) is 1. The maximum Gasteiger partial charge on any atom is 0.243 e. The predicted molar refractivity (Wildman–Crippen MR) is 80.6 cm³/mol. The lowest BCUT2D eigenvalue weighted by atomic mass is 10.3. The molecule has 1 atom stereocenters. The SMILES string of the molecule is COc1cccc2c1nc(C(C)Cl)n2CCOCC(N)=O. The van der Waals surface area contributed by atoms with Crippen molar-refractivity contribution in [3.8, 4) is 5.75 Å². The van der Waals surface area contributed by atoms with Gasteiger partial charge in [0.1, 0.15) is 23.7 Å². The number of nitrogens with two attached hydrogens (primary N) is 1. The Morgan fingerprint density at radius 1 is 1.52 bits per heavy atom. The largest absolute Gasteiger partial charge is 0.494 e. The van der Waals surface area contributed by atoms with Crippen LogP contribution >= 0.6 is 11.6 Å². The highest BCUT2D eigenvalue weighted by Crippen LogP contribution is 2.29. The maximum absolute atomic E-state index is 10.7. The molecule has 1 amide bonds. The number of carbonyl (C=O) groups excluding carboxylic acids is 1. The molecule has 2 rings (SSSR count). The Hall–Kier alpha value is -1.79. The van der Waals surface area contributed by atoms with E-state index in [2.05, 4.69) is 4.98 Å². The summed E-state index contributed by atoms with van der Waals surface area (Å²) < 4.78 is 12.5. The van der Waals surface area contributed by atoms with Crippen LogP contribution in [0.25, 0.3) is 11.0 Å². The second kappa shape index (κ2) is 6.78. The van der Waals surface area contributed by atoms with Gasteiger partial charge in [0.15, 0.2) is 0 Å². The van der Waals surface area contributed by atoms with Gasteiger partial charge < -0.3 is 19.8 Å². The topological polar surface area (TPSA) is 79.4 Å². The van der Waals surface area contributed by atoms with E-state index < -0.39 is 5.91 Å². The van der Waals surface area contributed by atoms with Crippen molar-refractivity contribution < 1.29 is 14.3 Å². The van der Waals surface area contributed by atoms with Crippen molar-refractivity contribution in [1.29, 1.82) is 0 Å². The molecule has 7 heteroatoms. The van der Waals surface area contributed by atoms with Gasteiger partial charge in [-0.25, -0.2) is 4.98 Å². The Kier molecular flexibility index (Phi) is 5.03. The van der Waals surface area contributed by atoms with Gasteiger partial charge >= 0.3 is 0 Å². The van der Waals surface area contributed by atoms with E-state index in [9.17, 15) is 4.79 Å². The normalized spacial score (nSPS) is 12.5. The van der Waals surface area contributed by atoms with Crippen LogP contribution in [0.5, 0.6) is 5.75 Å². The van der Waals surface area contributed by atoms with Crippen LogP contribution in [-0.4, -0.2) is 35.8 Å². The average molecular weight is 312 g/mol. The van der Waals surface area contributed by atoms with Crippen LogP contribution in [0, 0.1) is 0 Å². The van der Waals surface area contributed by atoms with E-state index in [4.69, 9.17) is 26.8 Å². The molecule has 1 unspecified atom stereocenters. The van der Waals surface area contributed by atoms with E-state index in [1.807, 2.05) is 29.7 Å².